The van der Waals surface area contributed by atoms with Gasteiger partial charge in [-0.25, -0.2) is 4.98 Å². The van der Waals surface area contributed by atoms with E-state index in [4.69, 9.17) is 16.3 Å². The first kappa shape index (κ1) is 22.0. The van der Waals surface area contributed by atoms with Crippen LogP contribution in [0.1, 0.15) is 40.2 Å². The second-order valence-electron chi connectivity index (χ2n) is 8.00. The summed E-state index contributed by atoms with van der Waals surface area (Å²) in [5, 5.41) is 4.23. The van der Waals surface area contributed by atoms with Crippen molar-refractivity contribution in [1.82, 2.24) is 9.88 Å². The van der Waals surface area contributed by atoms with Gasteiger partial charge in [0.1, 0.15) is 0 Å². The zero-order chi connectivity index (χ0) is 21.8. The number of rotatable bonds is 6. The number of aromatic nitrogens is 1. The van der Waals surface area contributed by atoms with Crippen molar-refractivity contribution in [1.29, 1.82) is 0 Å². The van der Waals surface area contributed by atoms with E-state index in [0.29, 0.717) is 17.1 Å². The van der Waals surface area contributed by atoms with E-state index in [1.165, 1.54) is 16.9 Å². The van der Waals surface area contributed by atoms with E-state index >= 15 is 0 Å². The largest absolute Gasteiger partial charge is 0.373 e. The number of nitrogens with zero attached hydrogens (tertiary/aromatic N) is 2. The fraction of sp³-hybridized carbons (Fsp3) is 0.333. The third kappa shape index (κ3) is 5.92. The summed E-state index contributed by atoms with van der Waals surface area (Å²) in [4.78, 5) is 20.4. The Morgan fingerprint density at radius 3 is 2.58 bits per heavy atom. The lowest BCUT2D eigenvalue weighted by Crippen LogP contribution is -2.44. The van der Waals surface area contributed by atoms with Crippen molar-refractivity contribution >= 4 is 34.0 Å². The number of benzene rings is 2. The fourth-order valence-electron chi connectivity index (χ4n) is 3.88. The molecule has 0 aliphatic carbocycles. The number of hydrogen-bond acceptors (Lipinski definition) is 5. The van der Waals surface area contributed by atoms with E-state index < -0.39 is 0 Å². The Labute approximate surface area is 192 Å². The Morgan fingerprint density at radius 2 is 1.87 bits per heavy atom. The molecule has 31 heavy (non-hydrogen) atoms. The highest BCUT2D eigenvalue weighted by atomic mass is 35.5. The standard InChI is InChI=1S/C24H26ClN3O2S/c1-16-13-28(14-17(2)30-16)15-18-7-9-19(10-8-18)23(29)27-24-26-12-21(31-24)11-20-5-3-4-6-22(20)25/h3-10,12,16-17H,11,13-15H2,1-2H3,(H,26,27,29)/t16-,17-/m1/s1. The molecule has 1 aromatic heterocycles. The lowest BCUT2D eigenvalue weighted by atomic mass is 10.1. The molecule has 7 heteroatoms. The molecule has 1 saturated heterocycles. The number of amides is 1. The number of hydrogen-bond donors (Lipinski definition) is 1. The smallest absolute Gasteiger partial charge is 0.257 e. The van der Waals surface area contributed by atoms with E-state index in [2.05, 4.69) is 29.0 Å². The lowest BCUT2D eigenvalue weighted by Gasteiger charge is -2.35. The van der Waals surface area contributed by atoms with Gasteiger partial charge in [0, 0.05) is 47.7 Å². The van der Waals surface area contributed by atoms with Gasteiger partial charge in [-0.15, -0.1) is 11.3 Å². The van der Waals surface area contributed by atoms with Crippen molar-refractivity contribution in [3.63, 3.8) is 0 Å². The molecule has 1 aliphatic rings. The molecule has 0 saturated carbocycles. The Hall–Kier alpha value is -2.25. The highest BCUT2D eigenvalue weighted by molar-refractivity contribution is 7.15. The van der Waals surface area contributed by atoms with Crippen LogP contribution in [0.5, 0.6) is 0 Å². The Balaban J connectivity index is 1.34. The van der Waals surface area contributed by atoms with Crippen LogP contribution < -0.4 is 5.32 Å². The quantitative estimate of drug-likeness (QED) is 0.551. The van der Waals surface area contributed by atoms with Crippen LogP contribution in [0.2, 0.25) is 5.02 Å². The molecular formula is C24H26ClN3O2S. The fourth-order valence-corrected chi connectivity index (χ4v) is 4.91. The molecule has 162 valence electrons. The van der Waals surface area contributed by atoms with Crippen LogP contribution in [-0.2, 0) is 17.7 Å². The minimum absolute atomic E-state index is 0.154. The number of thiazole rings is 1. The molecule has 0 radical (unpaired) electrons. The maximum absolute atomic E-state index is 12.6. The number of morpholine rings is 1. The zero-order valence-corrected chi connectivity index (χ0v) is 19.2. The van der Waals surface area contributed by atoms with Gasteiger partial charge in [-0.05, 0) is 43.2 Å². The van der Waals surface area contributed by atoms with Crippen molar-refractivity contribution in [3.05, 3.63) is 81.3 Å². The van der Waals surface area contributed by atoms with Crippen molar-refractivity contribution < 1.29 is 9.53 Å². The second-order valence-corrected chi connectivity index (χ2v) is 9.52. The van der Waals surface area contributed by atoms with Gasteiger partial charge in [-0.3, -0.25) is 15.0 Å². The molecule has 1 fully saturated rings. The molecule has 0 spiro atoms. The normalized spacial score (nSPS) is 19.3. The first-order valence-electron chi connectivity index (χ1n) is 10.4. The summed E-state index contributed by atoms with van der Waals surface area (Å²) >= 11 is 7.71. The molecule has 1 N–H and O–H groups in total. The molecular weight excluding hydrogens is 430 g/mol. The summed E-state index contributed by atoms with van der Waals surface area (Å²) in [6.07, 6.45) is 2.97. The third-order valence-electron chi connectivity index (χ3n) is 5.21. The van der Waals surface area contributed by atoms with Crippen LogP contribution in [0.4, 0.5) is 5.13 Å². The summed E-state index contributed by atoms with van der Waals surface area (Å²) in [5.74, 6) is -0.154. The van der Waals surface area contributed by atoms with E-state index in [9.17, 15) is 4.79 Å². The van der Waals surface area contributed by atoms with Gasteiger partial charge in [-0.2, -0.15) is 0 Å². The second kappa shape index (κ2) is 9.92. The number of anilines is 1. The van der Waals surface area contributed by atoms with Gasteiger partial charge in [0.25, 0.3) is 5.91 Å². The number of halogens is 1. The topological polar surface area (TPSA) is 54.5 Å². The Kier molecular flexibility index (Phi) is 7.02. The van der Waals surface area contributed by atoms with Crippen molar-refractivity contribution in [2.75, 3.05) is 18.4 Å². The molecule has 5 nitrogen and oxygen atoms in total. The number of carbonyl (C=O) groups is 1. The van der Waals surface area contributed by atoms with E-state index in [-0.39, 0.29) is 18.1 Å². The van der Waals surface area contributed by atoms with Crippen LogP contribution in [0.15, 0.2) is 54.7 Å². The summed E-state index contributed by atoms with van der Waals surface area (Å²) in [5.41, 5.74) is 2.86. The number of carbonyl (C=O) groups excluding carboxylic acids is 1. The third-order valence-corrected chi connectivity index (χ3v) is 6.50. The number of ether oxygens (including phenoxy) is 1. The average molecular weight is 456 g/mol. The predicted molar refractivity (Wildman–Crippen MR) is 126 cm³/mol. The molecule has 1 amide bonds. The number of nitrogens with one attached hydrogen (secondary N) is 1. The molecule has 2 aromatic carbocycles. The minimum Gasteiger partial charge on any atom is -0.373 e. The molecule has 0 unspecified atom stereocenters. The van der Waals surface area contributed by atoms with E-state index in [1.807, 2.05) is 48.5 Å². The van der Waals surface area contributed by atoms with Crippen LogP contribution >= 0.6 is 22.9 Å². The van der Waals surface area contributed by atoms with E-state index in [1.54, 1.807) is 6.20 Å². The van der Waals surface area contributed by atoms with Crippen LogP contribution in [-0.4, -0.2) is 41.1 Å². The van der Waals surface area contributed by atoms with Gasteiger partial charge in [0.2, 0.25) is 0 Å². The van der Waals surface area contributed by atoms with Gasteiger partial charge < -0.3 is 4.74 Å². The summed E-state index contributed by atoms with van der Waals surface area (Å²) < 4.78 is 5.80. The van der Waals surface area contributed by atoms with E-state index in [0.717, 1.165) is 35.1 Å². The monoisotopic (exact) mass is 455 g/mol. The molecule has 1 aliphatic heterocycles. The highest BCUT2D eigenvalue weighted by Crippen LogP contribution is 2.25. The maximum atomic E-state index is 12.6. The SMILES string of the molecule is C[C@@H]1CN(Cc2ccc(C(=O)Nc3ncc(Cc4ccccc4Cl)s3)cc2)C[C@@H](C)O1. The van der Waals surface area contributed by atoms with Gasteiger partial charge >= 0.3 is 0 Å². The van der Waals surface area contributed by atoms with Crippen LogP contribution in [0, 0.1) is 0 Å². The predicted octanol–water partition coefficient (Wildman–Crippen LogP) is 5.25. The van der Waals surface area contributed by atoms with Crippen LogP contribution in [0.25, 0.3) is 0 Å². The molecule has 2 heterocycles. The van der Waals surface area contributed by atoms with Gasteiger partial charge in [0.15, 0.2) is 5.13 Å². The summed E-state index contributed by atoms with van der Waals surface area (Å²) in [6, 6.07) is 15.5. The van der Waals surface area contributed by atoms with Gasteiger partial charge in [0.05, 0.1) is 12.2 Å². The minimum atomic E-state index is -0.154. The Bertz CT molecular complexity index is 1030. The Morgan fingerprint density at radius 1 is 1.16 bits per heavy atom. The average Bonchev–Trinajstić information content (AvgIpc) is 3.16. The first-order chi connectivity index (χ1) is 15.0. The summed E-state index contributed by atoms with van der Waals surface area (Å²) in [7, 11) is 0. The molecule has 0 bridgehead atoms. The highest BCUT2D eigenvalue weighted by Gasteiger charge is 2.22. The molecule has 4 rings (SSSR count). The summed E-state index contributed by atoms with van der Waals surface area (Å²) in [6.45, 7) is 6.92. The van der Waals surface area contributed by atoms with Crippen molar-refractivity contribution in [2.45, 2.75) is 39.0 Å². The van der Waals surface area contributed by atoms with Gasteiger partial charge in [-0.1, -0.05) is 41.9 Å². The van der Waals surface area contributed by atoms with Crippen molar-refractivity contribution in [2.24, 2.45) is 0 Å². The van der Waals surface area contributed by atoms with Crippen molar-refractivity contribution in [3.8, 4) is 0 Å². The molecule has 3 aromatic rings. The lowest BCUT2D eigenvalue weighted by molar-refractivity contribution is -0.0704. The maximum Gasteiger partial charge on any atom is 0.257 e. The molecule has 2 atom stereocenters. The first-order valence-corrected chi connectivity index (χ1v) is 11.6. The zero-order valence-electron chi connectivity index (χ0n) is 17.7. The van der Waals surface area contributed by atoms with Crippen LogP contribution in [0.3, 0.4) is 0 Å².